The number of amides is 2. The van der Waals surface area contributed by atoms with Crippen LogP contribution in [-0.4, -0.2) is 24.6 Å². The summed E-state index contributed by atoms with van der Waals surface area (Å²) in [6.07, 6.45) is 1.74. The summed E-state index contributed by atoms with van der Waals surface area (Å²) in [6.45, 7) is 0.844. The van der Waals surface area contributed by atoms with Crippen molar-refractivity contribution in [3.05, 3.63) is 94.5 Å². The fourth-order valence-electron chi connectivity index (χ4n) is 3.41. The number of hydrazone groups is 1. The average molecular weight is 492 g/mol. The number of carbonyl (C=O) groups excluding carboxylic acids is 2. The van der Waals surface area contributed by atoms with Gasteiger partial charge in [-0.05, 0) is 59.7 Å². The van der Waals surface area contributed by atoms with E-state index in [-0.39, 0.29) is 18.2 Å². The minimum atomic E-state index is -0.433. The molecule has 32 heavy (non-hydrogen) atoms. The normalized spacial score (nSPS) is 15.8. The zero-order valence-corrected chi connectivity index (χ0v) is 18.9. The van der Waals surface area contributed by atoms with Crippen LogP contribution in [0.1, 0.15) is 17.5 Å². The lowest BCUT2D eigenvalue weighted by molar-refractivity contribution is -0.126. The highest BCUT2D eigenvalue weighted by molar-refractivity contribution is 9.10. The topological polar surface area (TPSA) is 71.0 Å². The van der Waals surface area contributed by atoms with Gasteiger partial charge in [-0.2, -0.15) is 5.10 Å². The molecule has 1 atom stereocenters. The third-order valence-corrected chi connectivity index (χ3v) is 5.68. The summed E-state index contributed by atoms with van der Waals surface area (Å²) in [5.74, 6) is -0.0100. The summed E-state index contributed by atoms with van der Waals surface area (Å²) in [5, 5.41) is 4.04. The summed E-state index contributed by atoms with van der Waals surface area (Å²) in [6, 6.07) is 24.9. The van der Waals surface area contributed by atoms with Crippen LogP contribution in [-0.2, 0) is 16.2 Å². The molecule has 0 radical (unpaired) electrons. The summed E-state index contributed by atoms with van der Waals surface area (Å²) < 4.78 is 6.70. The third-order valence-electron chi connectivity index (χ3n) is 5.15. The lowest BCUT2D eigenvalue weighted by Gasteiger charge is -2.16. The first-order valence-electron chi connectivity index (χ1n) is 10.2. The van der Waals surface area contributed by atoms with Gasteiger partial charge in [0.15, 0.2) is 0 Å². The summed E-state index contributed by atoms with van der Waals surface area (Å²) in [4.78, 5) is 26.4. The van der Waals surface area contributed by atoms with E-state index in [1.54, 1.807) is 11.1 Å². The van der Waals surface area contributed by atoms with Crippen LogP contribution in [0.4, 0.5) is 5.69 Å². The second kappa shape index (κ2) is 10.2. The van der Waals surface area contributed by atoms with E-state index in [9.17, 15) is 9.59 Å². The Hall–Kier alpha value is -3.45. The predicted octanol–water partition coefficient (Wildman–Crippen LogP) is 4.53. The molecule has 1 heterocycles. The van der Waals surface area contributed by atoms with Crippen LogP contribution in [0.3, 0.4) is 0 Å². The van der Waals surface area contributed by atoms with Crippen LogP contribution in [0.15, 0.2) is 88.4 Å². The molecule has 0 unspecified atom stereocenters. The fourth-order valence-corrected chi connectivity index (χ4v) is 3.67. The molecule has 0 bridgehead atoms. The van der Waals surface area contributed by atoms with Crippen molar-refractivity contribution < 1.29 is 14.3 Å². The van der Waals surface area contributed by atoms with E-state index in [1.165, 1.54) is 0 Å². The van der Waals surface area contributed by atoms with E-state index in [0.717, 1.165) is 27.0 Å². The van der Waals surface area contributed by atoms with Crippen molar-refractivity contribution in [2.45, 2.75) is 13.0 Å². The first-order chi connectivity index (χ1) is 15.6. The molecular weight excluding hydrogens is 470 g/mol. The molecule has 1 saturated heterocycles. The van der Waals surface area contributed by atoms with Crippen LogP contribution >= 0.6 is 15.9 Å². The molecule has 1 aliphatic heterocycles. The minimum Gasteiger partial charge on any atom is -0.489 e. The maximum atomic E-state index is 12.5. The number of carbonyl (C=O) groups is 2. The van der Waals surface area contributed by atoms with Crippen molar-refractivity contribution in [2.24, 2.45) is 11.0 Å². The third kappa shape index (κ3) is 5.62. The van der Waals surface area contributed by atoms with E-state index >= 15 is 0 Å². The van der Waals surface area contributed by atoms with Crippen molar-refractivity contribution >= 4 is 39.6 Å². The van der Waals surface area contributed by atoms with E-state index in [4.69, 9.17) is 4.74 Å². The molecule has 3 aromatic rings. The van der Waals surface area contributed by atoms with Gasteiger partial charge in [0.1, 0.15) is 12.4 Å². The molecule has 1 fully saturated rings. The van der Waals surface area contributed by atoms with Gasteiger partial charge in [-0.15, -0.1) is 0 Å². The molecular formula is C25H22BrN3O3. The Morgan fingerprint density at radius 2 is 1.78 bits per heavy atom. The number of rotatable bonds is 7. The quantitative estimate of drug-likeness (QED) is 0.389. The van der Waals surface area contributed by atoms with E-state index in [1.807, 2.05) is 78.9 Å². The SMILES string of the molecule is O=C(N/N=C\c1ccc(OCc2ccccc2)cc1)[C@H]1CC(=O)N(c2ccc(Br)cc2)C1. The van der Waals surface area contributed by atoms with Crippen molar-refractivity contribution in [1.29, 1.82) is 0 Å². The largest absolute Gasteiger partial charge is 0.489 e. The average Bonchev–Trinajstić information content (AvgIpc) is 3.21. The van der Waals surface area contributed by atoms with E-state index in [2.05, 4.69) is 26.5 Å². The summed E-state index contributed by atoms with van der Waals surface area (Å²) >= 11 is 3.38. The van der Waals surface area contributed by atoms with Gasteiger partial charge in [0.25, 0.3) is 0 Å². The molecule has 6 nitrogen and oxygen atoms in total. The lowest BCUT2D eigenvalue weighted by atomic mass is 10.1. The number of nitrogens with zero attached hydrogens (tertiary/aromatic N) is 2. The van der Waals surface area contributed by atoms with Gasteiger partial charge in [0.05, 0.1) is 12.1 Å². The molecule has 0 saturated carbocycles. The van der Waals surface area contributed by atoms with Crippen LogP contribution in [0.5, 0.6) is 5.75 Å². The molecule has 0 spiro atoms. The molecule has 1 N–H and O–H groups in total. The second-order valence-corrected chi connectivity index (χ2v) is 8.38. The minimum absolute atomic E-state index is 0.0671. The second-order valence-electron chi connectivity index (χ2n) is 7.46. The molecule has 7 heteroatoms. The number of anilines is 1. The smallest absolute Gasteiger partial charge is 0.245 e. The molecule has 1 aliphatic rings. The van der Waals surface area contributed by atoms with Gasteiger partial charge in [-0.25, -0.2) is 5.43 Å². The zero-order valence-electron chi connectivity index (χ0n) is 17.3. The first-order valence-corrected chi connectivity index (χ1v) is 11.0. The van der Waals surface area contributed by atoms with Gasteiger partial charge in [-0.3, -0.25) is 9.59 Å². The molecule has 0 aliphatic carbocycles. The Bertz CT molecular complexity index is 1100. The maximum Gasteiger partial charge on any atom is 0.245 e. The highest BCUT2D eigenvalue weighted by Gasteiger charge is 2.35. The molecule has 4 rings (SSSR count). The number of nitrogens with one attached hydrogen (secondary N) is 1. The maximum absolute atomic E-state index is 12.5. The van der Waals surface area contributed by atoms with Crippen LogP contribution < -0.4 is 15.1 Å². The molecule has 3 aromatic carbocycles. The molecule has 0 aromatic heterocycles. The first kappa shape index (κ1) is 21.8. The van der Waals surface area contributed by atoms with E-state index in [0.29, 0.717) is 13.2 Å². The number of hydrogen-bond acceptors (Lipinski definition) is 4. The standard InChI is InChI=1S/C25H22BrN3O3/c26-21-8-10-22(11-9-21)29-16-20(14-24(29)30)25(31)28-27-15-18-6-12-23(13-7-18)32-17-19-4-2-1-3-5-19/h1-13,15,20H,14,16-17H2,(H,28,31)/b27-15-/t20-/m0/s1. The van der Waals surface area contributed by atoms with Gasteiger partial charge in [0.2, 0.25) is 11.8 Å². The van der Waals surface area contributed by atoms with Crippen molar-refractivity contribution in [1.82, 2.24) is 5.43 Å². The van der Waals surface area contributed by atoms with Gasteiger partial charge >= 0.3 is 0 Å². The van der Waals surface area contributed by atoms with E-state index < -0.39 is 5.92 Å². The lowest BCUT2D eigenvalue weighted by Crippen LogP contribution is -2.30. The number of halogens is 1. The van der Waals surface area contributed by atoms with Gasteiger partial charge in [-0.1, -0.05) is 46.3 Å². The van der Waals surface area contributed by atoms with Gasteiger partial charge in [0, 0.05) is 23.1 Å². The molecule has 2 amide bonds. The number of benzene rings is 3. The highest BCUT2D eigenvalue weighted by atomic mass is 79.9. The Balaban J connectivity index is 1.27. The number of hydrogen-bond donors (Lipinski definition) is 1. The monoisotopic (exact) mass is 491 g/mol. The van der Waals surface area contributed by atoms with Crippen molar-refractivity contribution in [3.63, 3.8) is 0 Å². The predicted molar refractivity (Wildman–Crippen MR) is 128 cm³/mol. The van der Waals surface area contributed by atoms with Crippen LogP contribution in [0.2, 0.25) is 0 Å². The van der Waals surface area contributed by atoms with Crippen molar-refractivity contribution in [2.75, 3.05) is 11.4 Å². The Morgan fingerprint density at radius 3 is 2.50 bits per heavy atom. The Kier molecular flexibility index (Phi) is 6.97. The summed E-state index contributed by atoms with van der Waals surface area (Å²) in [7, 11) is 0. The highest BCUT2D eigenvalue weighted by Crippen LogP contribution is 2.26. The zero-order chi connectivity index (χ0) is 22.3. The van der Waals surface area contributed by atoms with Gasteiger partial charge < -0.3 is 9.64 Å². The Labute approximate surface area is 195 Å². The fraction of sp³-hybridized carbons (Fsp3) is 0.160. The molecule has 162 valence electrons. The van der Waals surface area contributed by atoms with Crippen molar-refractivity contribution in [3.8, 4) is 5.75 Å². The van der Waals surface area contributed by atoms with Crippen LogP contribution in [0, 0.1) is 5.92 Å². The summed E-state index contributed by atoms with van der Waals surface area (Å²) in [5.41, 5.74) is 5.26. The Morgan fingerprint density at radius 1 is 1.06 bits per heavy atom. The number of ether oxygens (including phenoxy) is 1. The van der Waals surface area contributed by atoms with Crippen LogP contribution in [0.25, 0.3) is 0 Å².